The Bertz CT molecular complexity index is 339. The van der Waals surface area contributed by atoms with Crippen LogP contribution in [0.3, 0.4) is 0 Å². The highest BCUT2D eigenvalue weighted by atomic mass is 35.5. The maximum atomic E-state index is 12.9. The predicted octanol–water partition coefficient (Wildman–Crippen LogP) is 3.88. The van der Waals surface area contributed by atoms with Crippen molar-refractivity contribution in [2.45, 2.75) is 17.7 Å². The van der Waals surface area contributed by atoms with Crippen LogP contribution < -0.4 is 4.74 Å². The maximum absolute atomic E-state index is 12.9. The van der Waals surface area contributed by atoms with Crippen molar-refractivity contribution in [1.82, 2.24) is 0 Å². The Morgan fingerprint density at radius 3 is 2.06 bits per heavy atom. The first-order valence-corrected chi connectivity index (χ1v) is 4.77. The summed E-state index contributed by atoms with van der Waals surface area (Å²) < 4.78 is 54.7. The summed E-state index contributed by atoms with van der Waals surface area (Å²) in [6.45, 7) is 0. The fraction of sp³-hybridized carbons (Fsp3) is 0.400. The zero-order valence-electron chi connectivity index (χ0n) is 8.26. The standard InChI is InChI=1S/C10H9ClF4O/c1-16-7-4-2-6(3-5-7)8(11)10(14,15)9(12)13/h2-5,8-9H,1H3. The van der Waals surface area contributed by atoms with Gasteiger partial charge in [-0.05, 0) is 17.7 Å². The van der Waals surface area contributed by atoms with Gasteiger partial charge in [-0.3, -0.25) is 0 Å². The number of hydrogen-bond acceptors (Lipinski definition) is 1. The molecule has 0 aromatic heterocycles. The molecule has 0 heterocycles. The molecule has 0 fully saturated rings. The molecule has 16 heavy (non-hydrogen) atoms. The van der Waals surface area contributed by atoms with Gasteiger partial charge in [-0.1, -0.05) is 12.1 Å². The van der Waals surface area contributed by atoms with Gasteiger partial charge in [0.2, 0.25) is 0 Å². The average Bonchev–Trinajstić information content (AvgIpc) is 2.28. The van der Waals surface area contributed by atoms with E-state index in [4.69, 9.17) is 16.3 Å². The van der Waals surface area contributed by atoms with Gasteiger partial charge in [-0.2, -0.15) is 8.78 Å². The van der Waals surface area contributed by atoms with Gasteiger partial charge in [0.1, 0.15) is 11.1 Å². The third-order valence-electron chi connectivity index (χ3n) is 2.04. The Morgan fingerprint density at radius 2 is 1.69 bits per heavy atom. The quantitative estimate of drug-likeness (QED) is 0.587. The predicted molar refractivity (Wildman–Crippen MR) is 52.5 cm³/mol. The number of benzene rings is 1. The van der Waals surface area contributed by atoms with Crippen LogP contribution in [0.25, 0.3) is 0 Å². The largest absolute Gasteiger partial charge is 0.497 e. The van der Waals surface area contributed by atoms with E-state index in [2.05, 4.69) is 0 Å². The Balaban J connectivity index is 2.91. The summed E-state index contributed by atoms with van der Waals surface area (Å²) in [5, 5.41) is -2.06. The Hall–Kier alpha value is -0.970. The maximum Gasteiger partial charge on any atom is 0.327 e. The fourth-order valence-corrected chi connectivity index (χ4v) is 1.35. The lowest BCUT2D eigenvalue weighted by molar-refractivity contribution is -0.130. The molecule has 1 nitrogen and oxygen atoms in total. The van der Waals surface area contributed by atoms with Crippen LogP contribution in [0.5, 0.6) is 5.75 Å². The molecule has 0 aliphatic carbocycles. The van der Waals surface area contributed by atoms with Gasteiger partial charge in [0.25, 0.3) is 0 Å². The van der Waals surface area contributed by atoms with E-state index >= 15 is 0 Å². The van der Waals surface area contributed by atoms with E-state index in [0.29, 0.717) is 5.75 Å². The monoisotopic (exact) mass is 256 g/mol. The molecule has 0 saturated carbocycles. The minimum absolute atomic E-state index is 0.0761. The lowest BCUT2D eigenvalue weighted by Crippen LogP contribution is -2.31. The Kier molecular flexibility index (Phi) is 4.02. The van der Waals surface area contributed by atoms with Crippen LogP contribution in [-0.2, 0) is 0 Å². The topological polar surface area (TPSA) is 9.23 Å². The molecular formula is C10H9ClF4O. The van der Waals surface area contributed by atoms with Crippen LogP contribution in [0.2, 0.25) is 0 Å². The summed E-state index contributed by atoms with van der Waals surface area (Å²) >= 11 is 5.32. The zero-order chi connectivity index (χ0) is 12.3. The van der Waals surface area contributed by atoms with Crippen LogP contribution in [0.1, 0.15) is 10.9 Å². The molecule has 0 aliphatic heterocycles. The normalized spacial score (nSPS) is 13.9. The molecule has 0 amide bonds. The summed E-state index contributed by atoms with van der Waals surface area (Å²) in [5.74, 6) is -3.82. The summed E-state index contributed by atoms with van der Waals surface area (Å²) in [5.41, 5.74) is -0.0761. The van der Waals surface area contributed by atoms with Crippen molar-refractivity contribution in [3.8, 4) is 5.75 Å². The highest BCUT2D eigenvalue weighted by Crippen LogP contribution is 2.41. The lowest BCUT2D eigenvalue weighted by atomic mass is 10.1. The molecule has 1 atom stereocenters. The highest BCUT2D eigenvalue weighted by Gasteiger charge is 2.48. The summed E-state index contributed by atoms with van der Waals surface area (Å²) in [7, 11) is 1.40. The van der Waals surface area contributed by atoms with Crippen LogP contribution in [0, 0.1) is 0 Å². The van der Waals surface area contributed by atoms with Gasteiger partial charge in [0, 0.05) is 0 Å². The van der Waals surface area contributed by atoms with E-state index in [1.807, 2.05) is 0 Å². The van der Waals surface area contributed by atoms with Crippen LogP contribution in [0.4, 0.5) is 17.6 Å². The molecule has 0 N–H and O–H groups in total. The molecule has 0 aliphatic rings. The second-order valence-corrected chi connectivity index (χ2v) is 3.55. The van der Waals surface area contributed by atoms with Crippen molar-refractivity contribution >= 4 is 11.6 Å². The van der Waals surface area contributed by atoms with E-state index < -0.39 is 17.7 Å². The highest BCUT2D eigenvalue weighted by molar-refractivity contribution is 6.21. The molecule has 1 rings (SSSR count). The summed E-state index contributed by atoms with van der Waals surface area (Å²) in [4.78, 5) is 0. The van der Waals surface area contributed by atoms with Crippen molar-refractivity contribution < 1.29 is 22.3 Å². The molecular weight excluding hydrogens is 248 g/mol. The molecule has 1 aromatic carbocycles. The summed E-state index contributed by atoms with van der Waals surface area (Å²) in [6.07, 6.45) is -3.79. The molecule has 1 unspecified atom stereocenters. The first kappa shape index (κ1) is 13.1. The Morgan fingerprint density at radius 1 is 1.19 bits per heavy atom. The van der Waals surface area contributed by atoms with Gasteiger partial charge in [-0.25, -0.2) is 8.78 Å². The van der Waals surface area contributed by atoms with Crippen molar-refractivity contribution in [1.29, 1.82) is 0 Å². The number of methoxy groups -OCH3 is 1. The van der Waals surface area contributed by atoms with Gasteiger partial charge >= 0.3 is 12.3 Å². The fourth-order valence-electron chi connectivity index (χ4n) is 1.11. The second kappa shape index (κ2) is 4.91. The lowest BCUT2D eigenvalue weighted by Gasteiger charge is -2.21. The van der Waals surface area contributed by atoms with Gasteiger partial charge in [0.05, 0.1) is 7.11 Å². The van der Waals surface area contributed by atoms with Gasteiger partial charge in [-0.15, -0.1) is 11.6 Å². The second-order valence-electron chi connectivity index (χ2n) is 3.11. The van der Waals surface area contributed by atoms with Gasteiger partial charge < -0.3 is 4.74 Å². The van der Waals surface area contributed by atoms with E-state index in [1.54, 1.807) is 0 Å². The van der Waals surface area contributed by atoms with Crippen molar-refractivity contribution in [2.24, 2.45) is 0 Å². The molecule has 0 radical (unpaired) electrons. The minimum atomic E-state index is -4.25. The van der Waals surface area contributed by atoms with Gasteiger partial charge in [0.15, 0.2) is 0 Å². The number of ether oxygens (including phenoxy) is 1. The summed E-state index contributed by atoms with van der Waals surface area (Å²) in [6, 6.07) is 5.22. The van der Waals surface area contributed by atoms with E-state index in [9.17, 15) is 17.6 Å². The van der Waals surface area contributed by atoms with Crippen LogP contribution >= 0.6 is 11.6 Å². The first-order valence-electron chi connectivity index (χ1n) is 4.33. The van der Waals surface area contributed by atoms with E-state index in [-0.39, 0.29) is 5.56 Å². The molecule has 0 saturated heterocycles. The third-order valence-corrected chi connectivity index (χ3v) is 2.58. The number of alkyl halides is 5. The van der Waals surface area contributed by atoms with Crippen molar-refractivity contribution in [3.05, 3.63) is 29.8 Å². The smallest absolute Gasteiger partial charge is 0.327 e. The first-order chi connectivity index (χ1) is 7.39. The molecule has 1 aromatic rings. The zero-order valence-corrected chi connectivity index (χ0v) is 9.02. The third kappa shape index (κ3) is 2.58. The molecule has 0 spiro atoms. The molecule has 6 heteroatoms. The van der Waals surface area contributed by atoms with Crippen molar-refractivity contribution in [3.63, 3.8) is 0 Å². The van der Waals surface area contributed by atoms with Crippen LogP contribution in [-0.4, -0.2) is 19.5 Å². The minimum Gasteiger partial charge on any atom is -0.497 e. The molecule has 0 bridgehead atoms. The van der Waals surface area contributed by atoms with Crippen molar-refractivity contribution in [2.75, 3.05) is 7.11 Å². The SMILES string of the molecule is COc1ccc(C(Cl)C(F)(F)C(F)F)cc1. The van der Waals surface area contributed by atoms with E-state index in [1.165, 1.54) is 31.4 Å². The number of halogens is 5. The number of hydrogen-bond donors (Lipinski definition) is 0. The van der Waals surface area contributed by atoms with Crippen LogP contribution in [0.15, 0.2) is 24.3 Å². The average molecular weight is 257 g/mol. The number of rotatable bonds is 4. The Labute approximate surface area is 95.0 Å². The molecule has 90 valence electrons. The van der Waals surface area contributed by atoms with E-state index in [0.717, 1.165) is 0 Å².